The van der Waals surface area contributed by atoms with E-state index in [0.717, 1.165) is 5.46 Å². The van der Waals surface area contributed by atoms with Gasteiger partial charge in [0.2, 0.25) is 0 Å². The average Bonchev–Trinajstić information content (AvgIpc) is 2.08. The van der Waals surface area contributed by atoms with E-state index in [-0.39, 0.29) is 10.7 Å². The molecule has 5 heteroatoms. The maximum absolute atomic E-state index is 12.9. The van der Waals surface area contributed by atoms with Crippen molar-refractivity contribution in [3.63, 3.8) is 0 Å². The molecule has 0 radical (unpaired) electrons. The van der Waals surface area contributed by atoms with Crippen LogP contribution in [0.2, 0.25) is 0 Å². The van der Waals surface area contributed by atoms with Crippen LogP contribution in [0, 0.1) is 5.82 Å². The second kappa shape index (κ2) is 3.58. The van der Waals surface area contributed by atoms with Crippen LogP contribution in [0.5, 0.6) is 0 Å². The van der Waals surface area contributed by atoms with Crippen LogP contribution in [0.4, 0.5) is 4.39 Å². The molecule has 0 spiro atoms. The molecule has 1 aromatic rings. The van der Waals surface area contributed by atoms with Gasteiger partial charge in [-0.1, -0.05) is 34.4 Å². The molecule has 0 atom stereocenters. The Labute approximate surface area is 75.1 Å². The lowest BCUT2D eigenvalue weighted by Crippen LogP contribution is -2.07. The van der Waals surface area contributed by atoms with Crippen molar-refractivity contribution in [2.45, 2.75) is 0 Å². The number of hydrogen-bond acceptors (Lipinski definition) is 2. The van der Waals surface area contributed by atoms with E-state index in [1.54, 1.807) is 13.9 Å². The highest BCUT2D eigenvalue weighted by molar-refractivity contribution is 6.69. The third-order valence-corrected chi connectivity index (χ3v) is 1.71. The van der Waals surface area contributed by atoms with E-state index in [0.29, 0.717) is 0 Å². The molecule has 0 aliphatic carbocycles. The maximum atomic E-state index is 12.9. The minimum absolute atomic E-state index is 0.110. The van der Waals surface area contributed by atoms with Crippen molar-refractivity contribution < 1.29 is 9.60 Å². The van der Waals surface area contributed by atoms with Crippen LogP contribution in [0.1, 0.15) is 5.56 Å². The molecule has 0 saturated heterocycles. The van der Waals surface area contributed by atoms with E-state index >= 15 is 0 Å². The topological polar surface area (TPSA) is 32.6 Å². The van der Waals surface area contributed by atoms with Crippen LogP contribution in [0.25, 0.3) is 0 Å². The summed E-state index contributed by atoms with van der Waals surface area (Å²) >= 11 is 5.43. The van der Waals surface area contributed by atoms with Crippen molar-refractivity contribution in [2.24, 2.45) is 5.16 Å². The summed E-state index contributed by atoms with van der Waals surface area (Å²) in [6, 6.07) is 4.40. The van der Waals surface area contributed by atoms with Crippen molar-refractivity contribution in [3.05, 3.63) is 29.6 Å². The Morgan fingerprint density at radius 2 is 2.25 bits per heavy atom. The van der Waals surface area contributed by atoms with Gasteiger partial charge in [-0.15, -0.1) is 0 Å². The van der Waals surface area contributed by atoms with Crippen molar-refractivity contribution in [3.8, 4) is 0 Å². The summed E-state index contributed by atoms with van der Waals surface area (Å²) < 4.78 is 12.9. The Morgan fingerprint density at radius 1 is 1.58 bits per heavy atom. The Hall–Kier alpha value is -1.03. The maximum Gasteiger partial charge on any atom is 0.178 e. The number of oxime groups is 1. The van der Waals surface area contributed by atoms with Gasteiger partial charge in [0.05, 0.1) is 5.56 Å². The third kappa shape index (κ3) is 1.77. The van der Waals surface area contributed by atoms with E-state index < -0.39 is 5.82 Å². The fourth-order valence-corrected chi connectivity index (χ4v) is 0.996. The first kappa shape index (κ1) is 9.07. The molecule has 0 aromatic heterocycles. The smallest absolute Gasteiger partial charge is 0.178 e. The van der Waals surface area contributed by atoms with Gasteiger partial charge in [0.15, 0.2) is 5.17 Å². The first-order chi connectivity index (χ1) is 5.65. The van der Waals surface area contributed by atoms with Gasteiger partial charge >= 0.3 is 0 Å². The van der Waals surface area contributed by atoms with Gasteiger partial charge in [0, 0.05) is 0 Å². The van der Waals surface area contributed by atoms with Gasteiger partial charge in [-0.25, -0.2) is 4.39 Å². The quantitative estimate of drug-likeness (QED) is 0.293. The SMILES string of the molecule is Bc1ccc(F)c(/C(Cl)=N\O)c1. The molecule has 0 fully saturated rings. The summed E-state index contributed by atoms with van der Waals surface area (Å²) in [5.41, 5.74) is 0.965. The molecule has 0 aliphatic heterocycles. The average molecular weight is 185 g/mol. The van der Waals surface area contributed by atoms with Gasteiger partial charge in [-0.05, 0) is 6.07 Å². The number of halogens is 2. The minimum atomic E-state index is -0.497. The molecule has 0 unspecified atom stereocenters. The molecule has 0 amide bonds. The second-order valence-electron chi connectivity index (χ2n) is 2.37. The molecule has 0 aliphatic rings. The highest BCUT2D eigenvalue weighted by atomic mass is 35.5. The third-order valence-electron chi connectivity index (χ3n) is 1.43. The predicted molar refractivity (Wildman–Crippen MR) is 48.8 cm³/mol. The molecule has 62 valence electrons. The first-order valence-electron chi connectivity index (χ1n) is 3.29. The van der Waals surface area contributed by atoms with Crippen molar-refractivity contribution in [1.82, 2.24) is 0 Å². The Balaban J connectivity index is 3.23. The van der Waals surface area contributed by atoms with Gasteiger partial charge < -0.3 is 5.21 Å². The zero-order valence-electron chi connectivity index (χ0n) is 6.38. The van der Waals surface area contributed by atoms with Gasteiger partial charge in [-0.3, -0.25) is 0 Å². The largest absolute Gasteiger partial charge is 0.410 e. The minimum Gasteiger partial charge on any atom is -0.410 e. The van der Waals surface area contributed by atoms with Gasteiger partial charge in [0.1, 0.15) is 13.7 Å². The highest BCUT2D eigenvalue weighted by Gasteiger charge is 2.06. The van der Waals surface area contributed by atoms with Crippen LogP contribution in [-0.2, 0) is 0 Å². The molecule has 1 N–H and O–H groups in total. The molecule has 1 aromatic carbocycles. The number of nitrogens with zero attached hydrogens (tertiary/aromatic N) is 1. The molecule has 0 saturated carbocycles. The summed E-state index contributed by atoms with van der Waals surface area (Å²) in [6.45, 7) is 0. The molecule has 0 bridgehead atoms. The Kier molecular flexibility index (Phi) is 2.71. The van der Waals surface area contributed by atoms with Crippen molar-refractivity contribution in [1.29, 1.82) is 0 Å². The van der Waals surface area contributed by atoms with E-state index in [4.69, 9.17) is 16.8 Å². The van der Waals surface area contributed by atoms with Crippen LogP contribution in [0.3, 0.4) is 0 Å². The lowest BCUT2D eigenvalue weighted by atomic mass is 9.94. The zero-order chi connectivity index (χ0) is 9.14. The molecule has 1 rings (SSSR count). The molecular formula is C7H6BClFNO. The standard InChI is InChI=1S/C7H6BClFNO/c8-4-1-2-6(10)5(3-4)7(9)11-12/h1-3,12H,8H2/b11-7+. The van der Waals surface area contributed by atoms with Gasteiger partial charge in [0.25, 0.3) is 0 Å². The Morgan fingerprint density at radius 3 is 2.83 bits per heavy atom. The van der Waals surface area contributed by atoms with Crippen LogP contribution >= 0.6 is 11.6 Å². The zero-order valence-corrected chi connectivity index (χ0v) is 7.14. The molecule has 12 heavy (non-hydrogen) atoms. The van der Waals surface area contributed by atoms with Crippen molar-refractivity contribution in [2.75, 3.05) is 0 Å². The summed E-state index contributed by atoms with van der Waals surface area (Å²) in [4.78, 5) is 0. The summed E-state index contributed by atoms with van der Waals surface area (Å²) in [6.07, 6.45) is 0. The van der Waals surface area contributed by atoms with Gasteiger partial charge in [-0.2, -0.15) is 0 Å². The van der Waals surface area contributed by atoms with E-state index in [1.165, 1.54) is 12.1 Å². The van der Waals surface area contributed by atoms with E-state index in [2.05, 4.69) is 5.16 Å². The Bertz CT molecular complexity index is 329. The number of rotatable bonds is 1. The lowest BCUT2D eigenvalue weighted by molar-refractivity contribution is 0.320. The summed E-state index contributed by atoms with van der Waals surface area (Å²) in [7, 11) is 1.80. The van der Waals surface area contributed by atoms with E-state index in [9.17, 15) is 4.39 Å². The van der Waals surface area contributed by atoms with Crippen LogP contribution < -0.4 is 5.46 Å². The highest BCUT2D eigenvalue weighted by Crippen LogP contribution is 2.08. The summed E-state index contributed by atoms with van der Waals surface area (Å²) in [5.74, 6) is -0.497. The predicted octanol–water partition coefficient (Wildman–Crippen LogP) is 0.459. The summed E-state index contributed by atoms with van der Waals surface area (Å²) in [5, 5.41) is 10.8. The molecular weight excluding hydrogens is 179 g/mol. The lowest BCUT2D eigenvalue weighted by Gasteiger charge is -1.99. The fraction of sp³-hybridized carbons (Fsp3) is 0. The second-order valence-corrected chi connectivity index (χ2v) is 2.73. The normalized spacial score (nSPS) is 11.7. The monoisotopic (exact) mass is 185 g/mol. The first-order valence-corrected chi connectivity index (χ1v) is 3.67. The van der Waals surface area contributed by atoms with Crippen LogP contribution in [-0.4, -0.2) is 18.2 Å². The van der Waals surface area contributed by atoms with Crippen molar-refractivity contribution >= 4 is 30.1 Å². The molecule has 0 heterocycles. The van der Waals surface area contributed by atoms with Crippen LogP contribution in [0.15, 0.2) is 23.4 Å². The number of hydrogen-bond donors (Lipinski definition) is 1. The van der Waals surface area contributed by atoms with E-state index in [1.807, 2.05) is 0 Å². The number of benzene rings is 1. The fourth-order valence-electron chi connectivity index (χ4n) is 0.851. The molecule has 2 nitrogen and oxygen atoms in total.